The lowest BCUT2D eigenvalue weighted by Gasteiger charge is -2.09. The van der Waals surface area contributed by atoms with Crippen LogP contribution in [0.15, 0.2) is 66.7 Å². The molecule has 0 radical (unpaired) electrons. The minimum absolute atomic E-state index is 0.0772. The van der Waals surface area contributed by atoms with Gasteiger partial charge in [0.2, 0.25) is 0 Å². The first-order valence-corrected chi connectivity index (χ1v) is 9.97. The van der Waals surface area contributed by atoms with E-state index in [0.29, 0.717) is 17.2 Å². The summed E-state index contributed by atoms with van der Waals surface area (Å²) >= 11 is 1.66. The van der Waals surface area contributed by atoms with Crippen LogP contribution in [0.1, 0.15) is 5.56 Å². The van der Waals surface area contributed by atoms with Crippen LogP contribution in [0, 0.1) is 6.92 Å². The summed E-state index contributed by atoms with van der Waals surface area (Å²) in [5.41, 5.74) is 3.96. The number of carbonyl (C=O) groups excluding carboxylic acids is 1. The highest BCUT2D eigenvalue weighted by molar-refractivity contribution is 7.21. The molecule has 29 heavy (non-hydrogen) atoms. The minimum Gasteiger partial charge on any atom is -0.497 e. The van der Waals surface area contributed by atoms with Gasteiger partial charge in [-0.25, -0.2) is 4.98 Å². The van der Waals surface area contributed by atoms with Gasteiger partial charge in [0.15, 0.2) is 6.61 Å². The fourth-order valence-electron chi connectivity index (χ4n) is 2.89. The first kappa shape index (κ1) is 19.0. The molecule has 0 aliphatic rings. The molecule has 0 saturated carbocycles. The Labute approximate surface area is 172 Å². The molecule has 0 fully saturated rings. The van der Waals surface area contributed by atoms with Gasteiger partial charge in [0.25, 0.3) is 5.91 Å². The van der Waals surface area contributed by atoms with Gasteiger partial charge in [-0.3, -0.25) is 4.79 Å². The zero-order chi connectivity index (χ0) is 20.2. The van der Waals surface area contributed by atoms with E-state index in [4.69, 9.17) is 14.5 Å². The van der Waals surface area contributed by atoms with E-state index < -0.39 is 0 Å². The van der Waals surface area contributed by atoms with Gasteiger partial charge in [-0.05, 0) is 61.0 Å². The minimum atomic E-state index is -0.226. The van der Waals surface area contributed by atoms with E-state index in [0.717, 1.165) is 16.1 Å². The number of aromatic nitrogens is 1. The summed E-state index contributed by atoms with van der Waals surface area (Å²) in [5, 5.41) is 3.80. The molecular formula is C23H20N2O3S. The normalized spacial score (nSPS) is 10.7. The average molecular weight is 404 g/mol. The average Bonchev–Trinajstić information content (AvgIpc) is 3.16. The van der Waals surface area contributed by atoms with Gasteiger partial charge in [-0.15, -0.1) is 11.3 Å². The van der Waals surface area contributed by atoms with Crippen molar-refractivity contribution >= 4 is 33.1 Å². The van der Waals surface area contributed by atoms with Crippen molar-refractivity contribution < 1.29 is 14.3 Å². The molecule has 0 saturated heterocycles. The number of methoxy groups -OCH3 is 1. The fourth-order valence-corrected chi connectivity index (χ4v) is 3.96. The van der Waals surface area contributed by atoms with Crippen molar-refractivity contribution in [1.82, 2.24) is 4.98 Å². The summed E-state index contributed by atoms with van der Waals surface area (Å²) < 4.78 is 11.8. The summed E-state index contributed by atoms with van der Waals surface area (Å²) in [6.45, 7) is 2.00. The van der Waals surface area contributed by atoms with Crippen LogP contribution in [0.3, 0.4) is 0 Å². The molecule has 5 nitrogen and oxygen atoms in total. The number of fused-ring (bicyclic) bond motifs is 1. The van der Waals surface area contributed by atoms with Crippen LogP contribution in [-0.2, 0) is 4.79 Å². The van der Waals surface area contributed by atoms with E-state index in [2.05, 4.69) is 24.4 Å². The third-order valence-corrected chi connectivity index (χ3v) is 5.44. The van der Waals surface area contributed by atoms with Crippen LogP contribution < -0.4 is 14.8 Å². The molecule has 0 bridgehead atoms. The summed E-state index contributed by atoms with van der Waals surface area (Å²) in [5.74, 6) is 1.04. The SMILES string of the molecule is COc1cccc(OCC(=O)Nc2ccc(-c3nc4ccc(C)cc4s3)cc2)c1. The second kappa shape index (κ2) is 8.32. The zero-order valence-corrected chi connectivity index (χ0v) is 17.0. The maximum absolute atomic E-state index is 12.2. The monoisotopic (exact) mass is 404 g/mol. The first-order chi connectivity index (χ1) is 14.1. The molecule has 4 rings (SSSR count). The summed E-state index contributed by atoms with van der Waals surface area (Å²) in [6.07, 6.45) is 0. The second-order valence-corrected chi connectivity index (χ2v) is 7.61. The first-order valence-electron chi connectivity index (χ1n) is 9.15. The van der Waals surface area contributed by atoms with Gasteiger partial charge in [0.05, 0.1) is 17.3 Å². The number of ether oxygens (including phenoxy) is 2. The van der Waals surface area contributed by atoms with Crippen LogP contribution >= 0.6 is 11.3 Å². The van der Waals surface area contributed by atoms with Crippen molar-refractivity contribution in [3.05, 3.63) is 72.3 Å². The number of benzene rings is 3. The Kier molecular flexibility index (Phi) is 5.44. The molecule has 0 atom stereocenters. The van der Waals surface area contributed by atoms with E-state index in [1.807, 2.05) is 42.5 Å². The van der Waals surface area contributed by atoms with E-state index >= 15 is 0 Å². The number of thiazole rings is 1. The zero-order valence-electron chi connectivity index (χ0n) is 16.1. The second-order valence-electron chi connectivity index (χ2n) is 6.58. The number of hydrogen-bond acceptors (Lipinski definition) is 5. The number of anilines is 1. The predicted molar refractivity (Wildman–Crippen MR) is 117 cm³/mol. The van der Waals surface area contributed by atoms with E-state index in [-0.39, 0.29) is 12.5 Å². The summed E-state index contributed by atoms with van der Waals surface area (Å²) in [4.78, 5) is 16.9. The quantitative estimate of drug-likeness (QED) is 0.474. The highest BCUT2D eigenvalue weighted by Crippen LogP contribution is 2.31. The molecule has 0 unspecified atom stereocenters. The number of hydrogen-bond donors (Lipinski definition) is 1. The van der Waals surface area contributed by atoms with Gasteiger partial charge < -0.3 is 14.8 Å². The molecule has 1 aromatic heterocycles. The van der Waals surface area contributed by atoms with Crippen LogP contribution in [0.25, 0.3) is 20.8 Å². The van der Waals surface area contributed by atoms with Gasteiger partial charge >= 0.3 is 0 Å². The summed E-state index contributed by atoms with van der Waals surface area (Å²) in [7, 11) is 1.59. The highest BCUT2D eigenvalue weighted by Gasteiger charge is 2.08. The van der Waals surface area contributed by atoms with Crippen molar-refractivity contribution in [2.45, 2.75) is 6.92 Å². The smallest absolute Gasteiger partial charge is 0.262 e. The third-order valence-electron chi connectivity index (χ3n) is 4.37. The Balaban J connectivity index is 1.38. The standard InChI is InChI=1S/C23H20N2O3S/c1-15-6-11-20-21(12-15)29-23(25-20)16-7-9-17(10-8-16)24-22(26)14-28-19-5-3-4-18(13-19)27-2/h3-13H,14H2,1-2H3,(H,24,26). The van der Waals surface area contributed by atoms with Gasteiger partial charge in [0.1, 0.15) is 16.5 Å². The number of carbonyl (C=O) groups is 1. The fraction of sp³-hybridized carbons (Fsp3) is 0.130. The van der Waals surface area contributed by atoms with Crippen molar-refractivity contribution in [3.63, 3.8) is 0 Å². The molecule has 3 aromatic carbocycles. The number of aryl methyl sites for hydroxylation is 1. The molecule has 4 aromatic rings. The number of amides is 1. The molecule has 0 aliphatic heterocycles. The topological polar surface area (TPSA) is 60.5 Å². The predicted octanol–water partition coefficient (Wildman–Crippen LogP) is 5.30. The maximum Gasteiger partial charge on any atom is 0.262 e. The van der Waals surface area contributed by atoms with Gasteiger partial charge in [-0.1, -0.05) is 12.1 Å². The maximum atomic E-state index is 12.2. The highest BCUT2D eigenvalue weighted by atomic mass is 32.1. The van der Waals surface area contributed by atoms with E-state index in [1.165, 1.54) is 10.3 Å². The molecular weight excluding hydrogens is 384 g/mol. The Morgan fingerprint density at radius 1 is 1.03 bits per heavy atom. The molecule has 6 heteroatoms. The van der Waals surface area contributed by atoms with Crippen molar-refractivity contribution in [2.24, 2.45) is 0 Å². The Hall–Kier alpha value is -3.38. The van der Waals surface area contributed by atoms with Crippen LogP contribution in [-0.4, -0.2) is 24.6 Å². The van der Waals surface area contributed by atoms with Crippen molar-refractivity contribution in [2.75, 3.05) is 19.0 Å². The van der Waals surface area contributed by atoms with Crippen molar-refractivity contribution in [3.8, 4) is 22.1 Å². The molecule has 0 aliphatic carbocycles. The van der Waals surface area contributed by atoms with Crippen LogP contribution in [0.5, 0.6) is 11.5 Å². The molecule has 146 valence electrons. The Bertz CT molecular complexity index is 1150. The van der Waals surface area contributed by atoms with E-state index in [1.54, 1.807) is 30.6 Å². The lowest BCUT2D eigenvalue weighted by atomic mass is 10.2. The summed E-state index contributed by atoms with van der Waals surface area (Å²) in [6, 6.07) is 21.1. The van der Waals surface area contributed by atoms with Crippen LogP contribution in [0.4, 0.5) is 5.69 Å². The van der Waals surface area contributed by atoms with Crippen molar-refractivity contribution in [1.29, 1.82) is 0 Å². The molecule has 1 heterocycles. The number of rotatable bonds is 6. The molecule has 0 spiro atoms. The third kappa shape index (κ3) is 4.55. The van der Waals surface area contributed by atoms with Crippen LogP contribution in [0.2, 0.25) is 0 Å². The number of nitrogens with one attached hydrogen (secondary N) is 1. The van der Waals surface area contributed by atoms with Gasteiger partial charge in [-0.2, -0.15) is 0 Å². The Morgan fingerprint density at radius 2 is 1.83 bits per heavy atom. The molecule has 1 amide bonds. The molecule has 1 N–H and O–H groups in total. The van der Waals surface area contributed by atoms with Gasteiger partial charge in [0, 0.05) is 17.3 Å². The Morgan fingerprint density at radius 3 is 2.62 bits per heavy atom. The lowest BCUT2D eigenvalue weighted by molar-refractivity contribution is -0.118. The largest absolute Gasteiger partial charge is 0.497 e. The lowest BCUT2D eigenvalue weighted by Crippen LogP contribution is -2.20. The van der Waals surface area contributed by atoms with E-state index in [9.17, 15) is 4.79 Å². The number of nitrogens with zero attached hydrogens (tertiary/aromatic N) is 1.